The first-order chi connectivity index (χ1) is 8.79. The van der Waals surface area contributed by atoms with E-state index in [-0.39, 0.29) is 0 Å². The lowest BCUT2D eigenvalue weighted by Gasteiger charge is -2.26. The molecule has 1 aliphatic rings. The van der Waals surface area contributed by atoms with Crippen molar-refractivity contribution in [1.29, 1.82) is 0 Å². The zero-order valence-electron chi connectivity index (χ0n) is 10.9. The standard InChI is InChI=1S/C15H21N3/c1-18-14(10-17-13-6-3-7-13)8-11-4-2-5-12(9-16)15(11)18/h2,4-5,8,13,17H,3,6-7,9-10,16H2,1H3. The molecule has 0 aliphatic heterocycles. The molecule has 0 saturated heterocycles. The summed E-state index contributed by atoms with van der Waals surface area (Å²) in [7, 11) is 2.14. The Labute approximate surface area is 108 Å². The summed E-state index contributed by atoms with van der Waals surface area (Å²) in [6.07, 6.45) is 4.04. The molecule has 0 amide bonds. The highest BCUT2D eigenvalue weighted by molar-refractivity contribution is 5.84. The van der Waals surface area contributed by atoms with Crippen LogP contribution in [0.2, 0.25) is 0 Å². The molecule has 1 aromatic heterocycles. The first-order valence-electron chi connectivity index (χ1n) is 6.79. The third kappa shape index (κ3) is 1.93. The zero-order chi connectivity index (χ0) is 12.5. The molecule has 1 saturated carbocycles. The molecule has 0 atom stereocenters. The average Bonchev–Trinajstić information content (AvgIpc) is 2.65. The molecule has 3 heteroatoms. The summed E-state index contributed by atoms with van der Waals surface area (Å²) in [5.41, 5.74) is 9.67. The van der Waals surface area contributed by atoms with E-state index in [1.54, 1.807) is 0 Å². The second kappa shape index (κ2) is 4.75. The quantitative estimate of drug-likeness (QED) is 0.865. The van der Waals surface area contributed by atoms with Gasteiger partial charge in [-0.05, 0) is 24.5 Å². The number of rotatable bonds is 4. The molecule has 2 aromatic rings. The van der Waals surface area contributed by atoms with Crippen LogP contribution in [-0.4, -0.2) is 10.6 Å². The largest absolute Gasteiger partial charge is 0.346 e. The van der Waals surface area contributed by atoms with Gasteiger partial charge in [-0.25, -0.2) is 0 Å². The van der Waals surface area contributed by atoms with Crippen LogP contribution >= 0.6 is 0 Å². The van der Waals surface area contributed by atoms with Crippen molar-refractivity contribution < 1.29 is 0 Å². The summed E-state index contributed by atoms with van der Waals surface area (Å²) in [6.45, 7) is 1.56. The number of fused-ring (bicyclic) bond motifs is 1. The number of nitrogens with two attached hydrogens (primary N) is 1. The van der Waals surface area contributed by atoms with E-state index in [1.807, 2.05) is 0 Å². The highest BCUT2D eigenvalue weighted by Gasteiger charge is 2.17. The van der Waals surface area contributed by atoms with E-state index in [0.717, 1.165) is 12.6 Å². The Morgan fingerprint density at radius 2 is 2.22 bits per heavy atom. The van der Waals surface area contributed by atoms with Gasteiger partial charge in [0.1, 0.15) is 0 Å². The number of aromatic nitrogens is 1. The van der Waals surface area contributed by atoms with E-state index in [4.69, 9.17) is 5.73 Å². The number of aryl methyl sites for hydroxylation is 1. The van der Waals surface area contributed by atoms with Crippen molar-refractivity contribution in [3.63, 3.8) is 0 Å². The van der Waals surface area contributed by atoms with E-state index >= 15 is 0 Å². The minimum Gasteiger partial charge on any atom is -0.346 e. The number of benzene rings is 1. The highest BCUT2D eigenvalue weighted by atomic mass is 15.0. The smallest absolute Gasteiger partial charge is 0.0525 e. The van der Waals surface area contributed by atoms with Crippen molar-refractivity contribution in [3.8, 4) is 0 Å². The van der Waals surface area contributed by atoms with Crippen LogP contribution in [0, 0.1) is 0 Å². The van der Waals surface area contributed by atoms with E-state index in [9.17, 15) is 0 Å². The van der Waals surface area contributed by atoms with E-state index in [1.165, 1.54) is 41.4 Å². The lowest BCUT2D eigenvalue weighted by molar-refractivity contribution is 0.336. The van der Waals surface area contributed by atoms with Crippen molar-refractivity contribution in [2.75, 3.05) is 0 Å². The summed E-state index contributed by atoms with van der Waals surface area (Å²) in [5, 5.41) is 4.92. The molecular weight excluding hydrogens is 222 g/mol. The van der Waals surface area contributed by atoms with E-state index in [0.29, 0.717) is 6.54 Å². The molecule has 0 radical (unpaired) electrons. The van der Waals surface area contributed by atoms with Crippen LogP contribution in [0.25, 0.3) is 10.9 Å². The van der Waals surface area contributed by atoms with Gasteiger partial charge in [-0.15, -0.1) is 0 Å². The Morgan fingerprint density at radius 1 is 1.39 bits per heavy atom. The van der Waals surface area contributed by atoms with Crippen LogP contribution in [0.15, 0.2) is 24.3 Å². The summed E-state index contributed by atoms with van der Waals surface area (Å²) in [6, 6.07) is 9.39. The highest BCUT2D eigenvalue weighted by Crippen LogP contribution is 2.23. The molecule has 18 heavy (non-hydrogen) atoms. The van der Waals surface area contributed by atoms with E-state index < -0.39 is 0 Å². The Hall–Kier alpha value is -1.32. The van der Waals surface area contributed by atoms with Gasteiger partial charge in [0.25, 0.3) is 0 Å². The Morgan fingerprint density at radius 3 is 2.89 bits per heavy atom. The number of hydrogen-bond donors (Lipinski definition) is 2. The Kier molecular flexibility index (Phi) is 3.10. The van der Waals surface area contributed by atoms with Crippen molar-refractivity contribution >= 4 is 10.9 Å². The number of nitrogens with one attached hydrogen (secondary N) is 1. The predicted molar refractivity (Wildman–Crippen MR) is 75.3 cm³/mol. The van der Waals surface area contributed by atoms with Crippen molar-refractivity contribution in [2.24, 2.45) is 12.8 Å². The summed E-state index contributed by atoms with van der Waals surface area (Å²) >= 11 is 0. The van der Waals surface area contributed by atoms with Crippen molar-refractivity contribution in [3.05, 3.63) is 35.5 Å². The van der Waals surface area contributed by atoms with Gasteiger partial charge in [0.2, 0.25) is 0 Å². The molecule has 1 heterocycles. The fourth-order valence-corrected chi connectivity index (χ4v) is 2.75. The van der Waals surface area contributed by atoms with Crippen LogP contribution in [0.5, 0.6) is 0 Å². The monoisotopic (exact) mass is 243 g/mol. The molecule has 3 rings (SSSR count). The van der Waals surface area contributed by atoms with Crippen LogP contribution in [0.3, 0.4) is 0 Å². The van der Waals surface area contributed by atoms with Crippen LogP contribution in [0.1, 0.15) is 30.5 Å². The van der Waals surface area contributed by atoms with Crippen molar-refractivity contribution in [2.45, 2.75) is 38.4 Å². The molecule has 1 aliphatic carbocycles. The number of hydrogen-bond acceptors (Lipinski definition) is 2. The molecule has 3 nitrogen and oxygen atoms in total. The molecule has 96 valence electrons. The summed E-state index contributed by atoms with van der Waals surface area (Å²) in [4.78, 5) is 0. The maximum Gasteiger partial charge on any atom is 0.0525 e. The van der Waals surface area contributed by atoms with Gasteiger partial charge in [-0.1, -0.05) is 24.6 Å². The van der Waals surface area contributed by atoms with Gasteiger partial charge >= 0.3 is 0 Å². The first-order valence-corrected chi connectivity index (χ1v) is 6.79. The predicted octanol–water partition coefficient (Wildman–Crippen LogP) is 2.28. The molecule has 3 N–H and O–H groups in total. The average molecular weight is 243 g/mol. The Balaban J connectivity index is 1.90. The fraction of sp³-hybridized carbons (Fsp3) is 0.467. The third-order valence-electron chi connectivity index (χ3n) is 4.14. The fourth-order valence-electron chi connectivity index (χ4n) is 2.75. The lowest BCUT2D eigenvalue weighted by Crippen LogP contribution is -2.34. The minimum atomic E-state index is 0.602. The van der Waals surface area contributed by atoms with Gasteiger partial charge in [0.15, 0.2) is 0 Å². The van der Waals surface area contributed by atoms with Gasteiger partial charge in [0, 0.05) is 37.3 Å². The maximum absolute atomic E-state index is 5.82. The topological polar surface area (TPSA) is 43.0 Å². The second-order valence-corrected chi connectivity index (χ2v) is 5.26. The molecule has 0 unspecified atom stereocenters. The number of para-hydroxylation sites is 1. The van der Waals surface area contributed by atoms with Gasteiger partial charge < -0.3 is 15.6 Å². The van der Waals surface area contributed by atoms with Crippen LogP contribution < -0.4 is 11.1 Å². The maximum atomic E-state index is 5.82. The van der Waals surface area contributed by atoms with E-state index in [2.05, 4.69) is 41.2 Å². The van der Waals surface area contributed by atoms with Crippen LogP contribution in [0.4, 0.5) is 0 Å². The third-order valence-corrected chi connectivity index (χ3v) is 4.14. The molecule has 0 bridgehead atoms. The number of nitrogens with zero attached hydrogens (tertiary/aromatic N) is 1. The van der Waals surface area contributed by atoms with Gasteiger partial charge in [-0.3, -0.25) is 0 Å². The second-order valence-electron chi connectivity index (χ2n) is 5.26. The molecule has 0 spiro atoms. The molecular formula is C15H21N3. The molecule has 1 fully saturated rings. The summed E-state index contributed by atoms with van der Waals surface area (Å²) in [5.74, 6) is 0. The lowest BCUT2D eigenvalue weighted by atomic mass is 9.93. The normalized spacial score (nSPS) is 16.1. The minimum absolute atomic E-state index is 0.602. The van der Waals surface area contributed by atoms with Gasteiger partial charge in [0.05, 0.1) is 5.52 Å². The first kappa shape index (κ1) is 11.8. The van der Waals surface area contributed by atoms with Crippen LogP contribution in [-0.2, 0) is 20.1 Å². The molecule has 1 aromatic carbocycles. The van der Waals surface area contributed by atoms with Gasteiger partial charge in [-0.2, -0.15) is 0 Å². The van der Waals surface area contributed by atoms with Crippen molar-refractivity contribution in [1.82, 2.24) is 9.88 Å². The SMILES string of the molecule is Cn1c(CNC2CCC2)cc2cccc(CN)c21. The Bertz CT molecular complexity index is 552. The summed E-state index contributed by atoms with van der Waals surface area (Å²) < 4.78 is 2.28. The zero-order valence-corrected chi connectivity index (χ0v) is 10.9.